The van der Waals surface area contributed by atoms with Crippen molar-refractivity contribution in [1.29, 1.82) is 5.26 Å². The van der Waals surface area contributed by atoms with E-state index in [1.807, 2.05) is 13.0 Å². The Bertz CT molecular complexity index is 713. The molecular weight excluding hydrogens is 309 g/mol. The average molecular weight is 327 g/mol. The minimum atomic E-state index is -3.49. The highest BCUT2D eigenvalue weighted by atomic mass is 31.2. The van der Waals surface area contributed by atoms with Crippen molar-refractivity contribution in [2.24, 2.45) is 0 Å². The summed E-state index contributed by atoms with van der Waals surface area (Å²) in [5, 5.41) is 8.77. The van der Waals surface area contributed by atoms with Crippen LogP contribution < -0.4 is 10.9 Å². The maximum absolute atomic E-state index is 13.7. The Kier molecular flexibility index (Phi) is 5.44. The van der Waals surface area contributed by atoms with E-state index in [4.69, 9.17) is 9.79 Å². The first kappa shape index (κ1) is 17.1. The lowest BCUT2D eigenvalue weighted by Gasteiger charge is -2.30. The van der Waals surface area contributed by atoms with Gasteiger partial charge in [-0.25, -0.2) is 0 Å². The second kappa shape index (κ2) is 7.32. The number of aromatic nitrogens is 2. The molecule has 0 bridgehead atoms. The predicted octanol–water partition coefficient (Wildman–Crippen LogP) is 2.97. The second-order valence-electron chi connectivity index (χ2n) is 5.15. The SMILES string of the molecule is CCC(C)(/C=C/C#N)OP(=O)(c1ccccn1)c1ccccn1. The highest BCUT2D eigenvalue weighted by Gasteiger charge is 2.38. The van der Waals surface area contributed by atoms with Gasteiger partial charge >= 0.3 is 0 Å². The number of hydrogen-bond acceptors (Lipinski definition) is 5. The summed E-state index contributed by atoms with van der Waals surface area (Å²) in [5.41, 5.74) is -0.187. The molecule has 2 aromatic heterocycles. The highest BCUT2D eigenvalue weighted by Crippen LogP contribution is 2.48. The lowest BCUT2D eigenvalue weighted by Crippen LogP contribution is -2.32. The van der Waals surface area contributed by atoms with Crippen molar-refractivity contribution in [3.8, 4) is 6.07 Å². The van der Waals surface area contributed by atoms with Crippen LogP contribution in [0.1, 0.15) is 20.3 Å². The van der Waals surface area contributed by atoms with Crippen LogP contribution in [0.5, 0.6) is 0 Å². The molecule has 2 rings (SSSR count). The van der Waals surface area contributed by atoms with Crippen molar-refractivity contribution in [2.45, 2.75) is 25.9 Å². The van der Waals surface area contributed by atoms with E-state index in [1.54, 1.807) is 61.8 Å². The summed E-state index contributed by atoms with van der Waals surface area (Å²) in [5.74, 6) is 0. The van der Waals surface area contributed by atoms with Gasteiger partial charge in [0.25, 0.3) is 7.37 Å². The molecule has 23 heavy (non-hydrogen) atoms. The molecule has 0 saturated heterocycles. The van der Waals surface area contributed by atoms with Gasteiger partial charge in [-0.1, -0.05) is 19.1 Å². The van der Waals surface area contributed by atoms with E-state index in [-0.39, 0.29) is 0 Å². The molecule has 0 fully saturated rings. The van der Waals surface area contributed by atoms with Gasteiger partial charge in [-0.05, 0) is 43.7 Å². The van der Waals surface area contributed by atoms with Crippen molar-refractivity contribution in [3.63, 3.8) is 0 Å². The summed E-state index contributed by atoms with van der Waals surface area (Å²) in [6.45, 7) is 3.70. The van der Waals surface area contributed by atoms with Gasteiger partial charge in [-0.15, -0.1) is 0 Å². The number of nitrogens with zero attached hydrogens (tertiary/aromatic N) is 3. The van der Waals surface area contributed by atoms with Gasteiger partial charge in [0, 0.05) is 18.5 Å². The maximum atomic E-state index is 13.7. The summed E-state index contributed by atoms with van der Waals surface area (Å²) >= 11 is 0. The molecule has 0 spiro atoms. The molecule has 118 valence electrons. The average Bonchev–Trinajstić information content (AvgIpc) is 2.61. The molecule has 1 unspecified atom stereocenters. The molecule has 0 radical (unpaired) electrons. The fourth-order valence-corrected chi connectivity index (χ4v) is 4.19. The standard InChI is InChI=1S/C17H18N3O2P/c1-3-17(2,11-8-12-18)22-23(21,15-9-4-6-13-19-15)16-10-5-7-14-20-16/h4-11,13-14H,3H2,1-2H3/b11-8+. The number of rotatable bonds is 6. The Balaban J connectivity index is 2.54. The first-order valence-electron chi connectivity index (χ1n) is 7.25. The Morgan fingerprint density at radius 2 is 1.78 bits per heavy atom. The van der Waals surface area contributed by atoms with Gasteiger partial charge in [-0.2, -0.15) is 5.26 Å². The molecule has 0 aliphatic carbocycles. The summed E-state index contributed by atoms with van der Waals surface area (Å²) in [6, 6.07) is 12.3. The fourth-order valence-electron chi connectivity index (χ4n) is 1.99. The normalized spacial score (nSPS) is 14.3. The quantitative estimate of drug-likeness (QED) is 0.602. The van der Waals surface area contributed by atoms with Crippen LogP contribution in [0.3, 0.4) is 0 Å². The molecule has 0 aromatic carbocycles. The van der Waals surface area contributed by atoms with Crippen molar-refractivity contribution in [2.75, 3.05) is 0 Å². The van der Waals surface area contributed by atoms with Crippen LogP contribution in [0.15, 0.2) is 60.9 Å². The van der Waals surface area contributed by atoms with E-state index in [9.17, 15) is 4.57 Å². The zero-order valence-electron chi connectivity index (χ0n) is 13.1. The van der Waals surface area contributed by atoms with Crippen molar-refractivity contribution in [1.82, 2.24) is 9.97 Å². The lowest BCUT2D eigenvalue weighted by atomic mass is 10.0. The van der Waals surface area contributed by atoms with Gasteiger partial charge in [-0.3, -0.25) is 14.5 Å². The molecule has 0 aliphatic rings. The molecule has 6 heteroatoms. The number of pyridine rings is 2. The Morgan fingerprint density at radius 1 is 1.22 bits per heavy atom. The second-order valence-corrected chi connectivity index (χ2v) is 7.35. The van der Waals surface area contributed by atoms with E-state index in [2.05, 4.69) is 9.97 Å². The van der Waals surface area contributed by atoms with E-state index in [0.717, 1.165) is 0 Å². The minimum absolute atomic E-state index is 0.337. The first-order valence-corrected chi connectivity index (χ1v) is 8.88. The molecule has 5 nitrogen and oxygen atoms in total. The number of nitriles is 1. The van der Waals surface area contributed by atoms with E-state index < -0.39 is 13.0 Å². The Hall–Kier alpha value is -2.28. The van der Waals surface area contributed by atoms with Crippen LogP contribution in [-0.4, -0.2) is 15.6 Å². The van der Waals surface area contributed by atoms with E-state index in [0.29, 0.717) is 17.3 Å². The monoisotopic (exact) mass is 327 g/mol. The van der Waals surface area contributed by atoms with Gasteiger partial charge in [0.2, 0.25) is 0 Å². The molecular formula is C17H18N3O2P. The van der Waals surface area contributed by atoms with Crippen molar-refractivity contribution >= 4 is 18.2 Å². The van der Waals surface area contributed by atoms with Crippen LogP contribution in [0.2, 0.25) is 0 Å². The smallest absolute Gasteiger partial charge is 0.297 e. The zero-order chi connectivity index (χ0) is 16.8. The maximum Gasteiger partial charge on any atom is 0.297 e. The summed E-state index contributed by atoms with van der Waals surface area (Å²) in [4.78, 5) is 8.42. The topological polar surface area (TPSA) is 75.9 Å². The molecule has 0 saturated carbocycles. The molecule has 0 N–H and O–H groups in total. The van der Waals surface area contributed by atoms with E-state index in [1.165, 1.54) is 6.08 Å². The van der Waals surface area contributed by atoms with Crippen LogP contribution in [0, 0.1) is 11.3 Å². The zero-order valence-corrected chi connectivity index (χ0v) is 14.0. The lowest BCUT2D eigenvalue weighted by molar-refractivity contribution is 0.146. The van der Waals surface area contributed by atoms with Gasteiger partial charge < -0.3 is 4.52 Å². The van der Waals surface area contributed by atoms with Crippen LogP contribution in [-0.2, 0) is 9.09 Å². The Morgan fingerprint density at radius 3 is 2.17 bits per heavy atom. The third-order valence-corrected chi connectivity index (χ3v) is 5.86. The highest BCUT2D eigenvalue weighted by molar-refractivity contribution is 7.73. The fraction of sp³-hybridized carbons (Fsp3) is 0.235. The molecule has 0 aliphatic heterocycles. The number of allylic oxidation sites excluding steroid dienone is 1. The van der Waals surface area contributed by atoms with Gasteiger partial charge in [0.1, 0.15) is 10.9 Å². The number of hydrogen-bond donors (Lipinski definition) is 0. The predicted molar refractivity (Wildman–Crippen MR) is 89.9 cm³/mol. The van der Waals surface area contributed by atoms with Crippen LogP contribution >= 0.6 is 7.37 Å². The molecule has 2 heterocycles. The van der Waals surface area contributed by atoms with Crippen molar-refractivity contribution in [3.05, 3.63) is 60.9 Å². The van der Waals surface area contributed by atoms with Gasteiger partial charge in [0.15, 0.2) is 0 Å². The third-order valence-electron chi connectivity index (χ3n) is 3.45. The van der Waals surface area contributed by atoms with Crippen molar-refractivity contribution < 1.29 is 9.09 Å². The largest absolute Gasteiger partial charge is 0.309 e. The van der Waals surface area contributed by atoms with E-state index >= 15 is 0 Å². The van der Waals surface area contributed by atoms with Crippen LogP contribution in [0.4, 0.5) is 0 Å². The summed E-state index contributed by atoms with van der Waals surface area (Å²) < 4.78 is 19.7. The molecule has 0 amide bonds. The Labute approximate surface area is 136 Å². The minimum Gasteiger partial charge on any atom is -0.309 e. The molecule has 1 atom stereocenters. The summed E-state index contributed by atoms with van der Waals surface area (Å²) in [6.07, 6.45) is 6.65. The summed E-state index contributed by atoms with van der Waals surface area (Å²) in [7, 11) is -3.49. The third kappa shape index (κ3) is 3.92. The van der Waals surface area contributed by atoms with Gasteiger partial charge in [0.05, 0.1) is 11.7 Å². The first-order chi connectivity index (χ1) is 11.0. The van der Waals surface area contributed by atoms with Crippen LogP contribution in [0.25, 0.3) is 0 Å². The molecule has 2 aromatic rings.